The molecule has 0 aliphatic rings. The van der Waals surface area contributed by atoms with Gasteiger partial charge in [-0.1, -0.05) is 17.7 Å². The average molecular weight is 291 g/mol. The second-order valence-corrected chi connectivity index (χ2v) is 4.79. The molecular weight excluding hydrogens is 276 g/mol. The summed E-state index contributed by atoms with van der Waals surface area (Å²) < 4.78 is 5.05. The van der Waals surface area contributed by atoms with Gasteiger partial charge in [-0.15, -0.1) is 0 Å². The summed E-state index contributed by atoms with van der Waals surface area (Å²) in [5.41, 5.74) is 8.39. The zero-order chi connectivity index (χ0) is 14.7. The maximum atomic E-state index is 12.2. The number of rotatable bonds is 3. The Balaban J connectivity index is 2.24. The monoisotopic (exact) mass is 290 g/mol. The highest BCUT2D eigenvalue weighted by molar-refractivity contribution is 6.32. The number of aryl methyl sites for hydroxylation is 1. The fourth-order valence-electron chi connectivity index (χ4n) is 1.78. The molecule has 0 saturated heterocycles. The van der Waals surface area contributed by atoms with Crippen molar-refractivity contribution in [2.75, 3.05) is 18.2 Å². The summed E-state index contributed by atoms with van der Waals surface area (Å²) in [5.74, 6) is 0.284. The van der Waals surface area contributed by atoms with E-state index in [2.05, 4.69) is 5.32 Å². The van der Waals surface area contributed by atoms with Gasteiger partial charge in [0, 0.05) is 16.9 Å². The molecule has 0 aliphatic heterocycles. The van der Waals surface area contributed by atoms with Gasteiger partial charge in [0.1, 0.15) is 5.75 Å². The molecule has 2 rings (SSSR count). The average Bonchev–Trinajstić information content (AvgIpc) is 2.42. The highest BCUT2D eigenvalue weighted by Crippen LogP contribution is 2.26. The molecule has 0 radical (unpaired) electrons. The molecule has 0 saturated carbocycles. The summed E-state index contributed by atoms with van der Waals surface area (Å²) in [5, 5.41) is 3.21. The Morgan fingerprint density at radius 2 is 2.00 bits per heavy atom. The zero-order valence-corrected chi connectivity index (χ0v) is 12.0. The Morgan fingerprint density at radius 3 is 2.65 bits per heavy atom. The highest BCUT2D eigenvalue weighted by Gasteiger charge is 2.10. The Labute approximate surface area is 122 Å². The van der Waals surface area contributed by atoms with Gasteiger partial charge in [-0.25, -0.2) is 0 Å². The summed E-state index contributed by atoms with van der Waals surface area (Å²) in [7, 11) is 1.52. The van der Waals surface area contributed by atoms with Gasteiger partial charge in [-0.3, -0.25) is 4.79 Å². The van der Waals surface area contributed by atoms with E-state index in [1.807, 2.05) is 13.0 Å². The van der Waals surface area contributed by atoms with Crippen LogP contribution in [-0.2, 0) is 0 Å². The van der Waals surface area contributed by atoms with Crippen LogP contribution in [-0.4, -0.2) is 13.0 Å². The fraction of sp³-hybridized carbons (Fsp3) is 0.133. The first kappa shape index (κ1) is 14.2. The molecule has 0 bridgehead atoms. The van der Waals surface area contributed by atoms with E-state index in [1.165, 1.54) is 7.11 Å². The van der Waals surface area contributed by atoms with Crippen molar-refractivity contribution in [3.05, 3.63) is 52.5 Å². The summed E-state index contributed by atoms with van der Waals surface area (Å²) in [6.07, 6.45) is 0. The number of ether oxygens (including phenoxy) is 1. The first-order chi connectivity index (χ1) is 9.51. The second kappa shape index (κ2) is 5.84. The predicted molar refractivity (Wildman–Crippen MR) is 81.5 cm³/mol. The van der Waals surface area contributed by atoms with Crippen LogP contribution in [0.4, 0.5) is 11.4 Å². The lowest BCUT2D eigenvalue weighted by Crippen LogP contribution is -2.13. The summed E-state index contributed by atoms with van der Waals surface area (Å²) in [6, 6.07) is 10.2. The maximum Gasteiger partial charge on any atom is 0.255 e. The van der Waals surface area contributed by atoms with Gasteiger partial charge in [0.15, 0.2) is 0 Å². The van der Waals surface area contributed by atoms with Crippen LogP contribution in [0.2, 0.25) is 5.02 Å². The van der Waals surface area contributed by atoms with E-state index in [4.69, 9.17) is 22.1 Å². The number of halogens is 1. The van der Waals surface area contributed by atoms with Crippen molar-refractivity contribution in [2.24, 2.45) is 0 Å². The molecule has 104 valence electrons. The number of nitrogens with one attached hydrogen (secondary N) is 1. The molecular formula is C15H15ClN2O2. The Hall–Kier alpha value is -2.20. The SMILES string of the molecule is COc1ccc(C(=O)Nc2cc(N)ccc2C)cc1Cl. The van der Waals surface area contributed by atoms with Gasteiger partial charge >= 0.3 is 0 Å². The van der Waals surface area contributed by atoms with E-state index < -0.39 is 0 Å². The third-order valence-electron chi connectivity index (χ3n) is 2.92. The Kier molecular flexibility index (Phi) is 4.15. The third kappa shape index (κ3) is 3.03. The molecule has 0 spiro atoms. The van der Waals surface area contributed by atoms with Crippen LogP contribution in [0.5, 0.6) is 5.75 Å². The fourth-order valence-corrected chi connectivity index (χ4v) is 2.03. The minimum atomic E-state index is -0.247. The van der Waals surface area contributed by atoms with E-state index in [-0.39, 0.29) is 5.91 Å². The van der Waals surface area contributed by atoms with Gasteiger partial charge in [-0.05, 0) is 42.8 Å². The van der Waals surface area contributed by atoms with Crippen LogP contribution in [0.3, 0.4) is 0 Å². The van der Waals surface area contributed by atoms with Gasteiger partial charge in [0.05, 0.1) is 12.1 Å². The lowest BCUT2D eigenvalue weighted by atomic mass is 10.1. The number of nitrogen functional groups attached to an aromatic ring is 1. The van der Waals surface area contributed by atoms with Crippen molar-refractivity contribution in [3.63, 3.8) is 0 Å². The van der Waals surface area contributed by atoms with Crippen molar-refractivity contribution in [2.45, 2.75) is 6.92 Å². The van der Waals surface area contributed by atoms with E-state index in [0.717, 1.165) is 5.56 Å². The number of hydrogen-bond acceptors (Lipinski definition) is 3. The number of benzene rings is 2. The van der Waals surface area contributed by atoms with E-state index in [9.17, 15) is 4.79 Å². The topological polar surface area (TPSA) is 64.3 Å². The molecule has 1 amide bonds. The Morgan fingerprint density at radius 1 is 1.25 bits per heavy atom. The highest BCUT2D eigenvalue weighted by atomic mass is 35.5. The number of hydrogen-bond donors (Lipinski definition) is 2. The number of carbonyl (C=O) groups is 1. The molecule has 5 heteroatoms. The summed E-state index contributed by atoms with van der Waals surface area (Å²) in [6.45, 7) is 1.90. The van der Waals surface area contributed by atoms with Gasteiger partial charge in [0.25, 0.3) is 5.91 Å². The van der Waals surface area contributed by atoms with Crippen molar-refractivity contribution in [1.29, 1.82) is 0 Å². The minimum Gasteiger partial charge on any atom is -0.495 e. The molecule has 2 aromatic carbocycles. The summed E-state index contributed by atoms with van der Waals surface area (Å²) >= 11 is 6.01. The second-order valence-electron chi connectivity index (χ2n) is 4.38. The summed E-state index contributed by atoms with van der Waals surface area (Å²) in [4.78, 5) is 12.2. The van der Waals surface area contributed by atoms with Gasteiger partial charge in [-0.2, -0.15) is 0 Å². The van der Waals surface area contributed by atoms with Crippen LogP contribution in [0.1, 0.15) is 15.9 Å². The number of methoxy groups -OCH3 is 1. The van der Waals surface area contributed by atoms with Crippen LogP contribution in [0.25, 0.3) is 0 Å². The smallest absolute Gasteiger partial charge is 0.255 e. The first-order valence-electron chi connectivity index (χ1n) is 6.02. The normalized spacial score (nSPS) is 10.2. The van der Waals surface area contributed by atoms with Crippen molar-refractivity contribution in [3.8, 4) is 5.75 Å². The largest absolute Gasteiger partial charge is 0.495 e. The number of carbonyl (C=O) groups excluding carboxylic acids is 1. The standard InChI is InChI=1S/C15H15ClN2O2/c1-9-3-5-11(17)8-13(9)18-15(19)10-4-6-14(20-2)12(16)7-10/h3-8H,17H2,1-2H3,(H,18,19). The molecule has 4 nitrogen and oxygen atoms in total. The molecule has 0 aromatic heterocycles. The minimum absolute atomic E-state index is 0.247. The van der Waals surface area contributed by atoms with Crippen molar-refractivity contribution >= 4 is 28.9 Å². The maximum absolute atomic E-state index is 12.2. The number of anilines is 2. The van der Waals surface area contributed by atoms with Crippen molar-refractivity contribution in [1.82, 2.24) is 0 Å². The lowest BCUT2D eigenvalue weighted by molar-refractivity contribution is 0.102. The quantitative estimate of drug-likeness (QED) is 0.851. The Bertz CT molecular complexity index is 656. The van der Waals surface area contributed by atoms with Gasteiger partial charge < -0.3 is 15.8 Å². The van der Waals surface area contributed by atoms with E-state index in [1.54, 1.807) is 30.3 Å². The van der Waals surface area contributed by atoms with Gasteiger partial charge in [0.2, 0.25) is 0 Å². The van der Waals surface area contributed by atoms with E-state index >= 15 is 0 Å². The van der Waals surface area contributed by atoms with Crippen LogP contribution < -0.4 is 15.8 Å². The predicted octanol–water partition coefficient (Wildman–Crippen LogP) is 3.49. The molecule has 0 heterocycles. The molecule has 0 fully saturated rings. The van der Waals surface area contributed by atoms with Crippen LogP contribution >= 0.6 is 11.6 Å². The number of amides is 1. The molecule has 0 atom stereocenters. The molecule has 3 N–H and O–H groups in total. The van der Waals surface area contributed by atoms with Crippen LogP contribution in [0, 0.1) is 6.92 Å². The first-order valence-corrected chi connectivity index (χ1v) is 6.40. The third-order valence-corrected chi connectivity index (χ3v) is 3.22. The molecule has 0 unspecified atom stereocenters. The van der Waals surface area contributed by atoms with Crippen molar-refractivity contribution < 1.29 is 9.53 Å². The zero-order valence-electron chi connectivity index (χ0n) is 11.2. The van der Waals surface area contributed by atoms with Crippen LogP contribution in [0.15, 0.2) is 36.4 Å². The molecule has 20 heavy (non-hydrogen) atoms. The lowest BCUT2D eigenvalue weighted by Gasteiger charge is -2.10. The molecule has 2 aromatic rings. The molecule has 0 aliphatic carbocycles. The van der Waals surface area contributed by atoms with E-state index in [0.29, 0.717) is 27.7 Å². The number of nitrogens with two attached hydrogens (primary N) is 1.